The largest absolute Gasteiger partial charge is 0.336 e. The minimum atomic E-state index is 0.168. The van der Waals surface area contributed by atoms with Crippen molar-refractivity contribution in [3.8, 4) is 0 Å². The van der Waals surface area contributed by atoms with Crippen LogP contribution in [0.2, 0.25) is 0 Å². The molecule has 102 valence electrons. The lowest BCUT2D eigenvalue weighted by atomic mass is 10.0. The van der Waals surface area contributed by atoms with Crippen LogP contribution in [-0.2, 0) is 13.5 Å². The van der Waals surface area contributed by atoms with Gasteiger partial charge in [-0.2, -0.15) is 0 Å². The van der Waals surface area contributed by atoms with Crippen molar-refractivity contribution in [2.24, 2.45) is 7.05 Å². The Labute approximate surface area is 115 Å². The SMILES string of the molecule is CCCc1cccc(C(NCC)c2nccn2C)c1. The third kappa shape index (κ3) is 3.24. The Morgan fingerprint density at radius 2 is 2.16 bits per heavy atom. The van der Waals surface area contributed by atoms with Gasteiger partial charge in [-0.25, -0.2) is 4.98 Å². The highest BCUT2D eigenvalue weighted by molar-refractivity contribution is 5.30. The van der Waals surface area contributed by atoms with Gasteiger partial charge < -0.3 is 9.88 Å². The second-order valence-electron chi connectivity index (χ2n) is 4.88. The van der Waals surface area contributed by atoms with E-state index in [0.29, 0.717) is 0 Å². The third-order valence-corrected chi connectivity index (χ3v) is 3.35. The van der Waals surface area contributed by atoms with Crippen LogP contribution in [-0.4, -0.2) is 16.1 Å². The van der Waals surface area contributed by atoms with Crippen LogP contribution in [0.3, 0.4) is 0 Å². The van der Waals surface area contributed by atoms with E-state index in [4.69, 9.17) is 0 Å². The normalized spacial score (nSPS) is 12.6. The minimum absolute atomic E-state index is 0.168. The highest BCUT2D eigenvalue weighted by atomic mass is 15.1. The number of hydrogen-bond acceptors (Lipinski definition) is 2. The smallest absolute Gasteiger partial charge is 0.130 e. The number of rotatable bonds is 6. The van der Waals surface area contributed by atoms with Crippen LogP contribution >= 0.6 is 0 Å². The van der Waals surface area contributed by atoms with Crippen molar-refractivity contribution in [3.05, 3.63) is 53.6 Å². The van der Waals surface area contributed by atoms with E-state index in [1.165, 1.54) is 17.5 Å². The van der Waals surface area contributed by atoms with Crippen molar-refractivity contribution >= 4 is 0 Å². The molecule has 0 aliphatic heterocycles. The Morgan fingerprint density at radius 1 is 1.32 bits per heavy atom. The van der Waals surface area contributed by atoms with E-state index >= 15 is 0 Å². The number of nitrogens with zero attached hydrogens (tertiary/aromatic N) is 2. The summed E-state index contributed by atoms with van der Waals surface area (Å²) >= 11 is 0. The molecule has 2 rings (SSSR count). The predicted molar refractivity (Wildman–Crippen MR) is 79.2 cm³/mol. The third-order valence-electron chi connectivity index (χ3n) is 3.35. The molecule has 0 saturated carbocycles. The Kier molecular flexibility index (Phi) is 4.74. The zero-order valence-electron chi connectivity index (χ0n) is 12.1. The van der Waals surface area contributed by atoms with Crippen LogP contribution in [0.25, 0.3) is 0 Å². The van der Waals surface area contributed by atoms with Gasteiger partial charge in [-0.15, -0.1) is 0 Å². The molecule has 0 saturated heterocycles. The van der Waals surface area contributed by atoms with E-state index in [1.807, 2.05) is 19.4 Å². The Hall–Kier alpha value is -1.61. The average Bonchev–Trinajstić information content (AvgIpc) is 2.83. The molecule has 0 bridgehead atoms. The van der Waals surface area contributed by atoms with Gasteiger partial charge in [0, 0.05) is 19.4 Å². The summed E-state index contributed by atoms with van der Waals surface area (Å²) < 4.78 is 2.08. The Bertz CT molecular complexity index is 516. The molecule has 1 unspecified atom stereocenters. The average molecular weight is 257 g/mol. The molecule has 19 heavy (non-hydrogen) atoms. The van der Waals surface area contributed by atoms with Gasteiger partial charge in [0.05, 0.1) is 6.04 Å². The number of nitrogens with one attached hydrogen (secondary N) is 1. The molecule has 3 nitrogen and oxygen atoms in total. The fraction of sp³-hybridized carbons (Fsp3) is 0.438. The van der Waals surface area contributed by atoms with Crippen molar-refractivity contribution in [1.29, 1.82) is 0 Å². The predicted octanol–water partition coefficient (Wildman–Crippen LogP) is 3.07. The summed E-state index contributed by atoms with van der Waals surface area (Å²) in [5.74, 6) is 1.07. The van der Waals surface area contributed by atoms with Gasteiger partial charge >= 0.3 is 0 Å². The van der Waals surface area contributed by atoms with Crippen molar-refractivity contribution in [2.45, 2.75) is 32.7 Å². The lowest BCUT2D eigenvalue weighted by Gasteiger charge is -2.19. The second-order valence-corrected chi connectivity index (χ2v) is 4.88. The first-order chi connectivity index (χ1) is 9.26. The zero-order valence-corrected chi connectivity index (χ0v) is 12.1. The molecule has 0 aliphatic carbocycles. The van der Waals surface area contributed by atoms with Crippen molar-refractivity contribution in [1.82, 2.24) is 14.9 Å². The summed E-state index contributed by atoms with van der Waals surface area (Å²) in [4.78, 5) is 4.49. The summed E-state index contributed by atoms with van der Waals surface area (Å²) in [6, 6.07) is 9.00. The number of hydrogen-bond donors (Lipinski definition) is 1. The molecular weight excluding hydrogens is 234 g/mol. The molecule has 1 atom stereocenters. The molecule has 1 aromatic heterocycles. The lowest BCUT2D eigenvalue weighted by molar-refractivity contribution is 0.576. The molecule has 3 heteroatoms. The number of aromatic nitrogens is 2. The van der Waals surface area contributed by atoms with E-state index in [2.05, 4.69) is 53.0 Å². The van der Waals surface area contributed by atoms with Crippen LogP contribution < -0.4 is 5.32 Å². The summed E-state index contributed by atoms with van der Waals surface area (Å²) in [7, 11) is 2.04. The number of imidazole rings is 1. The Balaban J connectivity index is 2.33. The van der Waals surface area contributed by atoms with E-state index in [1.54, 1.807) is 0 Å². The zero-order chi connectivity index (χ0) is 13.7. The first-order valence-electron chi connectivity index (χ1n) is 7.05. The summed E-state index contributed by atoms with van der Waals surface area (Å²) in [5.41, 5.74) is 2.69. The first kappa shape index (κ1) is 13.8. The maximum atomic E-state index is 4.49. The van der Waals surface area contributed by atoms with E-state index in [9.17, 15) is 0 Å². The quantitative estimate of drug-likeness (QED) is 0.862. The Morgan fingerprint density at radius 3 is 2.79 bits per heavy atom. The second kappa shape index (κ2) is 6.53. The van der Waals surface area contributed by atoms with Gasteiger partial charge in [0.1, 0.15) is 5.82 Å². The fourth-order valence-corrected chi connectivity index (χ4v) is 2.43. The lowest BCUT2D eigenvalue weighted by Crippen LogP contribution is -2.24. The van der Waals surface area contributed by atoms with Gasteiger partial charge in [0.25, 0.3) is 0 Å². The molecule has 2 aromatic rings. The topological polar surface area (TPSA) is 29.9 Å². The first-order valence-corrected chi connectivity index (χ1v) is 7.05. The standard InChI is InChI=1S/C16H23N3/c1-4-7-13-8-6-9-14(12-13)15(17-5-2)16-18-10-11-19(16)3/h6,8-12,15,17H,4-5,7H2,1-3H3. The van der Waals surface area contributed by atoms with Gasteiger partial charge in [-0.05, 0) is 24.1 Å². The van der Waals surface area contributed by atoms with Crippen LogP contribution in [0, 0.1) is 0 Å². The van der Waals surface area contributed by atoms with Crippen molar-refractivity contribution in [3.63, 3.8) is 0 Å². The summed E-state index contributed by atoms with van der Waals surface area (Å²) in [5, 5.41) is 3.53. The maximum absolute atomic E-state index is 4.49. The fourth-order valence-electron chi connectivity index (χ4n) is 2.43. The van der Waals surface area contributed by atoms with Crippen molar-refractivity contribution < 1.29 is 0 Å². The molecule has 0 spiro atoms. The minimum Gasteiger partial charge on any atom is -0.336 e. The molecule has 0 aliphatic rings. The number of aryl methyl sites for hydroxylation is 2. The molecule has 1 heterocycles. The molecule has 1 aromatic carbocycles. The van der Waals surface area contributed by atoms with Gasteiger partial charge in [-0.3, -0.25) is 0 Å². The van der Waals surface area contributed by atoms with Crippen LogP contribution in [0.15, 0.2) is 36.7 Å². The highest BCUT2D eigenvalue weighted by Crippen LogP contribution is 2.21. The molecule has 1 N–H and O–H groups in total. The molecular formula is C16H23N3. The van der Waals surface area contributed by atoms with E-state index < -0.39 is 0 Å². The summed E-state index contributed by atoms with van der Waals surface area (Å²) in [6.07, 6.45) is 6.16. The van der Waals surface area contributed by atoms with E-state index in [-0.39, 0.29) is 6.04 Å². The van der Waals surface area contributed by atoms with E-state index in [0.717, 1.165) is 18.8 Å². The van der Waals surface area contributed by atoms with Gasteiger partial charge in [0.2, 0.25) is 0 Å². The monoisotopic (exact) mass is 257 g/mol. The van der Waals surface area contributed by atoms with Gasteiger partial charge in [0.15, 0.2) is 0 Å². The van der Waals surface area contributed by atoms with Crippen LogP contribution in [0.4, 0.5) is 0 Å². The molecule has 0 amide bonds. The van der Waals surface area contributed by atoms with Gasteiger partial charge in [-0.1, -0.05) is 44.5 Å². The van der Waals surface area contributed by atoms with Crippen molar-refractivity contribution in [2.75, 3.05) is 6.54 Å². The number of benzene rings is 1. The molecule has 0 fully saturated rings. The van der Waals surface area contributed by atoms with Crippen LogP contribution in [0.5, 0.6) is 0 Å². The highest BCUT2D eigenvalue weighted by Gasteiger charge is 2.17. The van der Waals surface area contributed by atoms with Crippen LogP contribution in [0.1, 0.15) is 43.3 Å². The molecule has 0 radical (unpaired) electrons. The summed E-state index contributed by atoms with van der Waals surface area (Å²) in [6.45, 7) is 5.27. The maximum Gasteiger partial charge on any atom is 0.130 e.